The van der Waals surface area contributed by atoms with Gasteiger partial charge in [-0.3, -0.25) is 0 Å². The van der Waals surface area contributed by atoms with Crippen molar-refractivity contribution in [1.82, 2.24) is 0 Å². The molecule has 4 heteroatoms. The standard InChI is InChI=1S/C21H13ClO3/c22-18-7-3-1-5-14(18)9-12-21(23)24-15-10-11-20-17(13-15)16-6-2-4-8-19(16)25-20/h1-13H. The van der Waals surface area contributed by atoms with Gasteiger partial charge in [-0.1, -0.05) is 48.0 Å². The van der Waals surface area contributed by atoms with Gasteiger partial charge in [0.15, 0.2) is 0 Å². The third-order valence-electron chi connectivity index (χ3n) is 3.87. The normalized spacial score (nSPS) is 11.4. The van der Waals surface area contributed by atoms with Crippen molar-refractivity contribution >= 4 is 45.6 Å². The number of ether oxygens (including phenoxy) is 1. The first-order chi connectivity index (χ1) is 12.2. The van der Waals surface area contributed by atoms with Gasteiger partial charge in [-0.15, -0.1) is 0 Å². The summed E-state index contributed by atoms with van der Waals surface area (Å²) in [6.45, 7) is 0. The van der Waals surface area contributed by atoms with Gasteiger partial charge in [0, 0.05) is 21.9 Å². The molecular formula is C21H13ClO3. The van der Waals surface area contributed by atoms with E-state index in [-0.39, 0.29) is 0 Å². The lowest BCUT2D eigenvalue weighted by atomic mass is 10.1. The summed E-state index contributed by atoms with van der Waals surface area (Å²) in [6.07, 6.45) is 3.00. The first-order valence-corrected chi connectivity index (χ1v) is 8.14. The fourth-order valence-electron chi connectivity index (χ4n) is 2.69. The number of hydrogen-bond donors (Lipinski definition) is 0. The van der Waals surface area contributed by atoms with Crippen LogP contribution in [0.15, 0.2) is 77.2 Å². The van der Waals surface area contributed by atoms with Crippen LogP contribution in [0.1, 0.15) is 5.56 Å². The molecule has 0 amide bonds. The Bertz CT molecular complexity index is 1110. The van der Waals surface area contributed by atoms with Gasteiger partial charge in [-0.05, 0) is 42.0 Å². The second-order valence-electron chi connectivity index (χ2n) is 5.53. The minimum atomic E-state index is -0.466. The first-order valence-electron chi connectivity index (χ1n) is 7.76. The molecule has 0 aliphatic rings. The van der Waals surface area contributed by atoms with Crippen molar-refractivity contribution in [2.75, 3.05) is 0 Å². The van der Waals surface area contributed by atoms with Crippen molar-refractivity contribution in [2.45, 2.75) is 0 Å². The number of halogens is 1. The Kier molecular flexibility index (Phi) is 4.00. The van der Waals surface area contributed by atoms with Crippen LogP contribution in [0, 0.1) is 0 Å². The summed E-state index contributed by atoms with van der Waals surface area (Å²) in [7, 11) is 0. The SMILES string of the molecule is O=C(C=Cc1ccccc1Cl)Oc1ccc2oc3ccccc3c2c1. The maximum Gasteiger partial charge on any atom is 0.336 e. The number of para-hydroxylation sites is 1. The molecule has 0 radical (unpaired) electrons. The molecule has 4 rings (SSSR count). The van der Waals surface area contributed by atoms with Gasteiger partial charge in [0.05, 0.1) is 0 Å². The fourth-order valence-corrected chi connectivity index (χ4v) is 2.89. The number of carbonyl (C=O) groups excluding carboxylic acids is 1. The molecule has 1 aromatic heterocycles. The van der Waals surface area contributed by atoms with Crippen LogP contribution in [0.25, 0.3) is 28.0 Å². The Balaban J connectivity index is 1.59. The van der Waals surface area contributed by atoms with Crippen molar-refractivity contribution in [1.29, 1.82) is 0 Å². The molecule has 0 saturated carbocycles. The van der Waals surface area contributed by atoms with Crippen molar-refractivity contribution in [2.24, 2.45) is 0 Å². The lowest BCUT2D eigenvalue weighted by Gasteiger charge is -2.01. The summed E-state index contributed by atoms with van der Waals surface area (Å²) in [5, 5.41) is 2.48. The molecule has 25 heavy (non-hydrogen) atoms. The molecule has 0 saturated heterocycles. The maximum atomic E-state index is 12.1. The average molecular weight is 349 g/mol. The van der Waals surface area contributed by atoms with E-state index in [9.17, 15) is 4.79 Å². The van der Waals surface area contributed by atoms with Crippen LogP contribution in [0.2, 0.25) is 5.02 Å². The van der Waals surface area contributed by atoms with E-state index in [4.69, 9.17) is 20.8 Å². The molecule has 4 aromatic rings. The lowest BCUT2D eigenvalue weighted by molar-refractivity contribution is -0.128. The van der Waals surface area contributed by atoms with E-state index in [1.54, 1.807) is 24.3 Å². The molecule has 0 N–H and O–H groups in total. The molecular weight excluding hydrogens is 336 g/mol. The van der Waals surface area contributed by atoms with Crippen LogP contribution in [0.5, 0.6) is 5.75 Å². The highest BCUT2D eigenvalue weighted by atomic mass is 35.5. The predicted octanol–water partition coefficient (Wildman–Crippen LogP) is 5.86. The summed E-state index contributed by atoms with van der Waals surface area (Å²) < 4.78 is 11.2. The molecule has 0 spiro atoms. The molecule has 0 atom stereocenters. The van der Waals surface area contributed by atoms with E-state index < -0.39 is 5.97 Å². The number of esters is 1. The highest BCUT2D eigenvalue weighted by Crippen LogP contribution is 2.31. The average Bonchev–Trinajstić information content (AvgIpc) is 2.99. The Morgan fingerprint density at radius 3 is 2.56 bits per heavy atom. The highest BCUT2D eigenvalue weighted by molar-refractivity contribution is 6.32. The molecule has 1 heterocycles. The summed E-state index contributed by atoms with van der Waals surface area (Å²) in [5.41, 5.74) is 2.32. The number of carbonyl (C=O) groups is 1. The minimum absolute atomic E-state index is 0.466. The van der Waals surface area contributed by atoms with Crippen molar-refractivity contribution in [3.63, 3.8) is 0 Å². The Morgan fingerprint density at radius 2 is 1.68 bits per heavy atom. The van der Waals surface area contributed by atoms with Gasteiger partial charge < -0.3 is 9.15 Å². The van der Waals surface area contributed by atoms with Gasteiger partial charge in [-0.2, -0.15) is 0 Å². The molecule has 0 bridgehead atoms. The second kappa shape index (κ2) is 6.46. The number of furan rings is 1. The first kappa shape index (κ1) is 15.5. The van der Waals surface area contributed by atoms with Gasteiger partial charge in [-0.25, -0.2) is 4.79 Å². The minimum Gasteiger partial charge on any atom is -0.456 e. The van der Waals surface area contributed by atoms with E-state index in [0.29, 0.717) is 10.8 Å². The molecule has 3 aromatic carbocycles. The quantitative estimate of drug-likeness (QED) is 0.264. The number of hydrogen-bond acceptors (Lipinski definition) is 3. The largest absolute Gasteiger partial charge is 0.456 e. The van der Waals surface area contributed by atoms with E-state index >= 15 is 0 Å². The van der Waals surface area contributed by atoms with Crippen LogP contribution in [0.3, 0.4) is 0 Å². The topological polar surface area (TPSA) is 39.4 Å². The van der Waals surface area contributed by atoms with Crippen molar-refractivity contribution in [3.8, 4) is 5.75 Å². The predicted molar refractivity (Wildman–Crippen MR) is 99.8 cm³/mol. The summed E-state index contributed by atoms with van der Waals surface area (Å²) in [5.74, 6) is -0.0000631. The van der Waals surface area contributed by atoms with E-state index in [1.807, 2.05) is 48.5 Å². The van der Waals surface area contributed by atoms with Gasteiger partial charge in [0.25, 0.3) is 0 Å². The molecule has 0 fully saturated rings. The zero-order chi connectivity index (χ0) is 17.2. The third-order valence-corrected chi connectivity index (χ3v) is 4.22. The number of rotatable bonds is 3. The van der Waals surface area contributed by atoms with Crippen LogP contribution in [-0.4, -0.2) is 5.97 Å². The molecule has 0 aliphatic carbocycles. The van der Waals surface area contributed by atoms with Crippen molar-refractivity contribution in [3.05, 3.63) is 83.4 Å². The number of fused-ring (bicyclic) bond motifs is 3. The van der Waals surface area contributed by atoms with E-state index in [2.05, 4.69) is 0 Å². The van der Waals surface area contributed by atoms with Crippen molar-refractivity contribution < 1.29 is 13.9 Å². The Labute approximate surface area is 149 Å². The zero-order valence-electron chi connectivity index (χ0n) is 13.1. The van der Waals surface area contributed by atoms with Crippen LogP contribution in [0.4, 0.5) is 0 Å². The fraction of sp³-hybridized carbons (Fsp3) is 0. The Morgan fingerprint density at radius 1 is 0.920 bits per heavy atom. The maximum absolute atomic E-state index is 12.1. The molecule has 3 nitrogen and oxygen atoms in total. The monoisotopic (exact) mass is 348 g/mol. The van der Waals surface area contributed by atoms with E-state index in [1.165, 1.54) is 6.08 Å². The summed E-state index contributed by atoms with van der Waals surface area (Å²) >= 11 is 6.06. The van der Waals surface area contributed by atoms with Crippen LogP contribution in [-0.2, 0) is 4.79 Å². The third kappa shape index (κ3) is 3.14. The van der Waals surface area contributed by atoms with Gasteiger partial charge >= 0.3 is 5.97 Å². The summed E-state index contributed by atoms with van der Waals surface area (Å²) in [6, 6.07) is 20.4. The van der Waals surface area contributed by atoms with Crippen LogP contribution >= 0.6 is 11.6 Å². The molecule has 0 aliphatic heterocycles. The second-order valence-corrected chi connectivity index (χ2v) is 5.94. The smallest absolute Gasteiger partial charge is 0.336 e. The van der Waals surface area contributed by atoms with Gasteiger partial charge in [0.2, 0.25) is 0 Å². The highest BCUT2D eigenvalue weighted by Gasteiger charge is 2.09. The molecule has 122 valence electrons. The summed E-state index contributed by atoms with van der Waals surface area (Å²) in [4.78, 5) is 12.1. The molecule has 0 unspecified atom stereocenters. The lowest BCUT2D eigenvalue weighted by Crippen LogP contribution is -2.03. The number of benzene rings is 3. The van der Waals surface area contributed by atoms with Gasteiger partial charge in [0.1, 0.15) is 16.9 Å². The zero-order valence-corrected chi connectivity index (χ0v) is 13.9. The van der Waals surface area contributed by atoms with Crippen LogP contribution < -0.4 is 4.74 Å². The van der Waals surface area contributed by atoms with E-state index in [0.717, 1.165) is 27.5 Å². The Hall–Kier alpha value is -3.04.